The van der Waals surface area contributed by atoms with Crippen molar-refractivity contribution in [1.82, 2.24) is 34.6 Å². The Morgan fingerprint density at radius 1 is 1.12 bits per heavy atom. The highest BCUT2D eigenvalue weighted by Gasteiger charge is 2.47. The number of carbonyl (C=O) groups excluding carboxylic acids is 2. The van der Waals surface area contributed by atoms with Crippen molar-refractivity contribution in [3.8, 4) is 5.75 Å². The lowest BCUT2D eigenvalue weighted by atomic mass is 9.81. The molecule has 2 N–H and O–H groups in total. The number of pyridine rings is 1. The van der Waals surface area contributed by atoms with E-state index in [0.717, 1.165) is 18.2 Å². The molecule has 1 aliphatic heterocycles. The van der Waals surface area contributed by atoms with Gasteiger partial charge in [-0.15, -0.1) is 10.2 Å². The maximum atomic E-state index is 14.3. The van der Waals surface area contributed by atoms with E-state index < -0.39 is 29.0 Å². The maximum Gasteiger partial charge on any atom is 0.416 e. The fourth-order valence-electron chi connectivity index (χ4n) is 6.31. The number of rotatable bonds is 7. The molecule has 0 bridgehead atoms. The van der Waals surface area contributed by atoms with Gasteiger partial charge in [0, 0.05) is 38.9 Å². The van der Waals surface area contributed by atoms with Gasteiger partial charge < -0.3 is 29.7 Å². The van der Waals surface area contributed by atoms with Gasteiger partial charge in [0.2, 0.25) is 17.3 Å². The van der Waals surface area contributed by atoms with Crippen LogP contribution in [0.1, 0.15) is 47.2 Å². The molecule has 3 aromatic heterocycles. The minimum absolute atomic E-state index is 0.0228. The Balaban J connectivity index is 1.38. The summed E-state index contributed by atoms with van der Waals surface area (Å²) in [6, 6.07) is 2.08. The van der Waals surface area contributed by atoms with Crippen LogP contribution in [-0.4, -0.2) is 90.8 Å². The van der Waals surface area contributed by atoms with Crippen molar-refractivity contribution in [2.24, 2.45) is 0 Å². The topological polar surface area (TPSA) is 163 Å². The third-order valence-corrected chi connectivity index (χ3v) is 9.20. The third kappa shape index (κ3) is 6.06. The second kappa shape index (κ2) is 12.8. The summed E-state index contributed by atoms with van der Waals surface area (Å²) in [7, 11) is 3.38. The van der Waals surface area contributed by atoms with E-state index in [-0.39, 0.29) is 83.1 Å². The van der Waals surface area contributed by atoms with Crippen molar-refractivity contribution in [2.75, 3.05) is 42.3 Å². The second-order valence-corrected chi connectivity index (χ2v) is 12.5. The largest absolute Gasteiger partial charge is 0.504 e. The Morgan fingerprint density at radius 2 is 1.86 bits per heavy atom. The van der Waals surface area contributed by atoms with Gasteiger partial charge in [0.05, 0.1) is 28.0 Å². The third-order valence-electron chi connectivity index (χ3n) is 8.89. The molecule has 0 radical (unpaired) electrons. The van der Waals surface area contributed by atoms with Crippen LogP contribution < -0.4 is 20.5 Å². The van der Waals surface area contributed by atoms with Crippen LogP contribution in [0.5, 0.6) is 5.75 Å². The highest BCUT2D eigenvalue weighted by atomic mass is 35.5. The number of aryl methyl sites for hydroxylation is 1. The van der Waals surface area contributed by atoms with Gasteiger partial charge in [0.15, 0.2) is 22.6 Å². The average Bonchev–Trinajstić information content (AvgIpc) is 3.03. The zero-order chi connectivity index (χ0) is 35.4. The van der Waals surface area contributed by atoms with E-state index in [1.165, 1.54) is 10.9 Å². The van der Waals surface area contributed by atoms with Gasteiger partial charge in [-0.1, -0.05) is 18.5 Å². The number of aromatic nitrogens is 6. The Kier molecular flexibility index (Phi) is 8.81. The van der Waals surface area contributed by atoms with Crippen LogP contribution in [0, 0.1) is 6.92 Å². The highest BCUT2D eigenvalue weighted by Crippen LogP contribution is 2.39. The van der Waals surface area contributed by atoms with Crippen molar-refractivity contribution in [2.45, 2.75) is 57.9 Å². The van der Waals surface area contributed by atoms with Gasteiger partial charge in [0.1, 0.15) is 18.6 Å². The number of hydrogen-bond acceptors (Lipinski definition) is 11. The summed E-state index contributed by atoms with van der Waals surface area (Å²) in [5, 5.41) is 21.2. The van der Waals surface area contributed by atoms with Gasteiger partial charge in [-0.2, -0.15) is 13.2 Å². The van der Waals surface area contributed by atoms with Crippen LogP contribution in [0.4, 0.5) is 30.5 Å². The van der Waals surface area contributed by atoms with Crippen LogP contribution in [0.15, 0.2) is 29.3 Å². The Labute approximate surface area is 282 Å². The summed E-state index contributed by atoms with van der Waals surface area (Å²) in [6.45, 7) is 3.49. The zero-order valence-electron chi connectivity index (χ0n) is 26.9. The van der Waals surface area contributed by atoms with E-state index in [4.69, 9.17) is 11.6 Å². The smallest absolute Gasteiger partial charge is 0.416 e. The lowest BCUT2D eigenvalue weighted by Gasteiger charge is -2.54. The van der Waals surface area contributed by atoms with Crippen LogP contribution in [-0.2, 0) is 23.9 Å². The summed E-state index contributed by atoms with van der Waals surface area (Å²) in [4.78, 5) is 58.9. The van der Waals surface area contributed by atoms with E-state index in [1.54, 1.807) is 30.8 Å². The van der Waals surface area contributed by atoms with Crippen LogP contribution in [0.3, 0.4) is 0 Å². The lowest BCUT2D eigenvalue weighted by molar-refractivity contribution is -0.137. The Bertz CT molecular complexity index is 2040. The maximum absolute atomic E-state index is 14.3. The van der Waals surface area contributed by atoms with Gasteiger partial charge in [0.25, 0.3) is 5.91 Å². The molecule has 0 spiro atoms. The molecule has 1 aromatic carbocycles. The number of carbonyl (C=O) groups is 2. The fraction of sp³-hybridized carbons (Fsp3) is 0.419. The van der Waals surface area contributed by atoms with Crippen molar-refractivity contribution in [3.63, 3.8) is 0 Å². The molecule has 0 unspecified atom stereocenters. The van der Waals surface area contributed by atoms with Crippen molar-refractivity contribution >= 4 is 51.9 Å². The SMILES string of the molecule is CCc1c(N2CCN(C(=O)c3ncnc(C)c3O)[C@@H]3CC[C@H]32)c(=O)c2nc(N(C)C)nnc2n1CC(=O)Nc1ccc(C(F)(F)F)cc1Cl. The number of aromatic hydroxyl groups is 1. The molecule has 49 heavy (non-hydrogen) atoms. The molecule has 1 saturated carbocycles. The number of alkyl halides is 3. The van der Waals surface area contributed by atoms with E-state index in [2.05, 4.69) is 30.5 Å². The molecule has 258 valence electrons. The predicted molar refractivity (Wildman–Crippen MR) is 174 cm³/mol. The van der Waals surface area contributed by atoms with Gasteiger partial charge >= 0.3 is 6.18 Å². The number of halogens is 4. The molecule has 2 atom stereocenters. The number of nitrogens with zero attached hydrogens (tertiary/aromatic N) is 9. The molecule has 14 nitrogen and oxygen atoms in total. The first-order valence-corrected chi connectivity index (χ1v) is 15.8. The van der Waals surface area contributed by atoms with E-state index >= 15 is 0 Å². The zero-order valence-corrected chi connectivity index (χ0v) is 27.7. The van der Waals surface area contributed by atoms with Gasteiger partial charge in [-0.3, -0.25) is 14.4 Å². The number of benzene rings is 1. The molecule has 4 aromatic rings. The number of nitrogens with one attached hydrogen (secondary N) is 1. The van der Waals surface area contributed by atoms with Gasteiger partial charge in [-0.25, -0.2) is 15.0 Å². The minimum atomic E-state index is -4.61. The molecule has 2 amide bonds. The van der Waals surface area contributed by atoms with E-state index in [1.807, 2.05) is 11.8 Å². The molecular weight excluding hydrogens is 669 g/mol. The van der Waals surface area contributed by atoms with Crippen LogP contribution in [0.2, 0.25) is 5.02 Å². The molecule has 18 heteroatoms. The van der Waals surface area contributed by atoms with Crippen molar-refractivity contribution in [1.29, 1.82) is 0 Å². The number of hydrogen-bond donors (Lipinski definition) is 2. The molecule has 2 aliphatic rings. The molecule has 1 aliphatic carbocycles. The Morgan fingerprint density at radius 3 is 2.49 bits per heavy atom. The highest BCUT2D eigenvalue weighted by molar-refractivity contribution is 6.33. The van der Waals surface area contributed by atoms with E-state index in [0.29, 0.717) is 24.2 Å². The number of amides is 2. The lowest BCUT2D eigenvalue weighted by Crippen LogP contribution is -2.67. The predicted octanol–water partition coefficient (Wildman–Crippen LogP) is 3.42. The van der Waals surface area contributed by atoms with Crippen LogP contribution in [0.25, 0.3) is 11.2 Å². The summed E-state index contributed by atoms with van der Waals surface area (Å²) in [5.74, 6) is -1.18. The molecular formula is C31H32ClF3N10O4. The number of anilines is 3. The second-order valence-electron chi connectivity index (χ2n) is 12.0. The van der Waals surface area contributed by atoms with Crippen molar-refractivity contribution in [3.05, 3.63) is 62.4 Å². The minimum Gasteiger partial charge on any atom is -0.504 e. The first kappa shape index (κ1) is 33.8. The van der Waals surface area contributed by atoms with Crippen LogP contribution >= 0.6 is 11.6 Å². The van der Waals surface area contributed by atoms with Crippen molar-refractivity contribution < 1.29 is 27.9 Å². The van der Waals surface area contributed by atoms with Gasteiger partial charge in [-0.05, 0) is 44.4 Å². The molecule has 2 fully saturated rings. The quantitative estimate of drug-likeness (QED) is 0.291. The number of fused-ring (bicyclic) bond motifs is 2. The van der Waals surface area contributed by atoms with E-state index in [9.17, 15) is 32.7 Å². The normalized spacial score (nSPS) is 17.5. The molecule has 4 heterocycles. The number of piperazine rings is 1. The summed E-state index contributed by atoms with van der Waals surface area (Å²) in [5.41, 5.74) is -0.404. The summed E-state index contributed by atoms with van der Waals surface area (Å²) in [6.07, 6.45) is -1.77. The molecule has 1 saturated heterocycles. The summed E-state index contributed by atoms with van der Waals surface area (Å²) >= 11 is 6.10. The monoisotopic (exact) mass is 700 g/mol. The summed E-state index contributed by atoms with van der Waals surface area (Å²) < 4.78 is 41.1. The first-order chi connectivity index (χ1) is 23.2. The Hall–Kier alpha value is -5.06. The average molecular weight is 701 g/mol. The first-order valence-electron chi connectivity index (χ1n) is 15.4. The standard InChI is InChI=1S/C31H32ClF3N10O4/c1-5-19-25(43-10-11-44(21-9-8-20(21)43)29(49)24-26(47)15(2)36-14-37-24)27(48)23-28(40-41-30(39-23)42(3)4)45(19)13-22(46)38-18-7-6-16(12-17(18)32)31(33,34)35/h6-7,12,14,20-21,47H,5,8-11,13H2,1-4H3,(H,38,46)/t20-,21-/m1/s1. The fourth-order valence-corrected chi connectivity index (χ4v) is 6.54. The molecule has 6 rings (SSSR count).